The van der Waals surface area contributed by atoms with E-state index in [0.717, 1.165) is 18.9 Å². The molecule has 1 aromatic carbocycles. The molecular formula is C19H21ClF3N3O3. The number of hydrogen-bond acceptors (Lipinski definition) is 5. The van der Waals surface area contributed by atoms with Crippen molar-refractivity contribution >= 4 is 23.2 Å². The fourth-order valence-electron chi connectivity index (χ4n) is 2.66. The maximum absolute atomic E-state index is 12.7. The molecule has 2 rings (SSSR count). The molecule has 0 aliphatic rings. The maximum Gasteiger partial charge on any atom is 0.573 e. The molecule has 2 aromatic rings. The van der Waals surface area contributed by atoms with Crippen LogP contribution >= 0.6 is 11.6 Å². The van der Waals surface area contributed by atoms with Gasteiger partial charge in [-0.1, -0.05) is 25.4 Å². The van der Waals surface area contributed by atoms with Gasteiger partial charge in [-0.3, -0.25) is 4.79 Å². The average Bonchev–Trinajstić information content (AvgIpc) is 2.60. The summed E-state index contributed by atoms with van der Waals surface area (Å²) in [5, 5.41) is 3.22. The summed E-state index contributed by atoms with van der Waals surface area (Å²) >= 11 is 5.77. The minimum absolute atomic E-state index is 0.0139. The van der Waals surface area contributed by atoms with E-state index in [2.05, 4.69) is 15.0 Å². The smallest absolute Gasteiger partial charge is 0.434 e. The molecule has 0 saturated heterocycles. The molecular weight excluding hydrogens is 411 g/mol. The molecule has 0 aliphatic heterocycles. The Bertz CT molecular complexity index is 887. The molecule has 3 N–H and O–H groups in total. The standard InChI is InChI=1S/C19H21ClF3N3O3/c1-4-12(5-2)26-13-8-10(3)25-18(16(13)17(24)27)28-14-7-6-11(20)9-15(14)29-19(21,22)23/h6-9,12H,4-5H2,1-3H3,(H2,24,27)(H,25,26). The van der Waals surface area contributed by atoms with Crippen LogP contribution < -0.4 is 20.5 Å². The van der Waals surface area contributed by atoms with Crippen LogP contribution in [0.4, 0.5) is 18.9 Å². The van der Waals surface area contributed by atoms with Crippen molar-refractivity contribution in [3.8, 4) is 17.4 Å². The van der Waals surface area contributed by atoms with Gasteiger partial charge in [-0.15, -0.1) is 13.2 Å². The second-order valence-corrected chi connectivity index (χ2v) is 6.69. The van der Waals surface area contributed by atoms with E-state index < -0.39 is 18.0 Å². The highest BCUT2D eigenvalue weighted by molar-refractivity contribution is 6.30. The van der Waals surface area contributed by atoms with Crippen molar-refractivity contribution in [1.29, 1.82) is 0 Å². The molecule has 0 spiro atoms. The fraction of sp³-hybridized carbons (Fsp3) is 0.368. The van der Waals surface area contributed by atoms with Gasteiger partial charge in [0.05, 0.1) is 5.69 Å². The van der Waals surface area contributed by atoms with E-state index in [9.17, 15) is 18.0 Å². The number of carbonyl (C=O) groups is 1. The van der Waals surface area contributed by atoms with Crippen LogP contribution in [0.1, 0.15) is 42.7 Å². The number of ether oxygens (including phenoxy) is 2. The second-order valence-electron chi connectivity index (χ2n) is 6.25. The third-order valence-corrected chi connectivity index (χ3v) is 4.28. The van der Waals surface area contributed by atoms with E-state index in [1.807, 2.05) is 13.8 Å². The Labute approximate surface area is 171 Å². The Morgan fingerprint density at radius 2 is 1.90 bits per heavy atom. The number of rotatable bonds is 8. The molecule has 158 valence electrons. The van der Waals surface area contributed by atoms with Crippen molar-refractivity contribution in [2.75, 3.05) is 5.32 Å². The third-order valence-electron chi connectivity index (χ3n) is 4.04. The summed E-state index contributed by atoms with van der Waals surface area (Å²) in [4.78, 5) is 16.2. The molecule has 29 heavy (non-hydrogen) atoms. The lowest BCUT2D eigenvalue weighted by atomic mass is 10.1. The maximum atomic E-state index is 12.7. The Hall–Kier alpha value is -2.68. The quantitative estimate of drug-likeness (QED) is 0.581. The summed E-state index contributed by atoms with van der Waals surface area (Å²) in [7, 11) is 0. The number of hydrogen-bond donors (Lipinski definition) is 2. The van der Waals surface area contributed by atoms with Gasteiger partial charge in [0.2, 0.25) is 5.88 Å². The lowest BCUT2D eigenvalue weighted by molar-refractivity contribution is -0.275. The van der Waals surface area contributed by atoms with Gasteiger partial charge in [-0.25, -0.2) is 4.98 Å². The number of carbonyl (C=O) groups excluding carboxylic acids is 1. The minimum Gasteiger partial charge on any atom is -0.434 e. The number of nitrogens with one attached hydrogen (secondary N) is 1. The molecule has 0 aliphatic carbocycles. The van der Waals surface area contributed by atoms with Crippen molar-refractivity contribution < 1.29 is 27.4 Å². The van der Waals surface area contributed by atoms with Crippen LogP contribution in [0.2, 0.25) is 5.02 Å². The second kappa shape index (κ2) is 9.21. The molecule has 1 aromatic heterocycles. The lowest BCUT2D eigenvalue weighted by Crippen LogP contribution is -2.22. The Kier molecular flexibility index (Phi) is 7.18. The van der Waals surface area contributed by atoms with E-state index >= 15 is 0 Å². The van der Waals surface area contributed by atoms with Gasteiger partial charge in [0, 0.05) is 22.8 Å². The molecule has 6 nitrogen and oxygen atoms in total. The molecule has 0 unspecified atom stereocenters. The fourth-order valence-corrected chi connectivity index (χ4v) is 2.82. The first kappa shape index (κ1) is 22.6. The van der Waals surface area contributed by atoms with Gasteiger partial charge in [-0.2, -0.15) is 0 Å². The number of nitrogens with two attached hydrogens (primary N) is 1. The molecule has 0 bridgehead atoms. The van der Waals surface area contributed by atoms with Crippen molar-refractivity contribution in [3.63, 3.8) is 0 Å². The number of aryl methyl sites for hydroxylation is 1. The summed E-state index contributed by atoms with van der Waals surface area (Å²) in [6.45, 7) is 5.61. The minimum atomic E-state index is -4.96. The molecule has 1 heterocycles. The van der Waals surface area contributed by atoms with Crippen LogP contribution in [0.25, 0.3) is 0 Å². The Morgan fingerprint density at radius 1 is 1.24 bits per heavy atom. The number of pyridine rings is 1. The van der Waals surface area contributed by atoms with Gasteiger partial charge in [-0.05, 0) is 38.0 Å². The van der Waals surface area contributed by atoms with Crippen molar-refractivity contribution in [2.45, 2.75) is 46.0 Å². The SMILES string of the molecule is CCC(CC)Nc1cc(C)nc(Oc2ccc(Cl)cc2OC(F)(F)F)c1C(N)=O. The number of benzene rings is 1. The zero-order chi connectivity index (χ0) is 21.8. The number of primary amides is 1. The zero-order valence-corrected chi connectivity index (χ0v) is 16.8. The van der Waals surface area contributed by atoms with Crippen LogP contribution in [-0.4, -0.2) is 23.3 Å². The van der Waals surface area contributed by atoms with Crippen LogP contribution in [0.3, 0.4) is 0 Å². The van der Waals surface area contributed by atoms with Crippen molar-refractivity contribution in [3.05, 3.63) is 40.5 Å². The molecule has 1 amide bonds. The topological polar surface area (TPSA) is 86.5 Å². The van der Waals surface area contributed by atoms with E-state index in [1.54, 1.807) is 13.0 Å². The Morgan fingerprint density at radius 3 is 2.45 bits per heavy atom. The molecule has 10 heteroatoms. The zero-order valence-electron chi connectivity index (χ0n) is 16.1. The first-order valence-electron chi connectivity index (χ1n) is 8.85. The van der Waals surface area contributed by atoms with Gasteiger partial charge >= 0.3 is 6.36 Å². The molecule has 0 saturated carbocycles. The van der Waals surface area contributed by atoms with Gasteiger partial charge in [0.1, 0.15) is 5.56 Å². The summed E-state index contributed by atoms with van der Waals surface area (Å²) in [5.74, 6) is -2.06. The summed E-state index contributed by atoms with van der Waals surface area (Å²) < 4.78 is 47.7. The normalized spacial score (nSPS) is 11.4. The highest BCUT2D eigenvalue weighted by Gasteiger charge is 2.33. The molecule has 0 fully saturated rings. The predicted octanol–water partition coefficient (Wildman–Crippen LogP) is 5.43. The van der Waals surface area contributed by atoms with E-state index in [1.165, 1.54) is 12.1 Å². The van der Waals surface area contributed by atoms with E-state index in [-0.39, 0.29) is 28.3 Å². The first-order chi connectivity index (χ1) is 13.5. The number of amides is 1. The van der Waals surface area contributed by atoms with E-state index in [0.29, 0.717) is 11.4 Å². The van der Waals surface area contributed by atoms with Crippen LogP contribution in [0, 0.1) is 6.92 Å². The highest BCUT2D eigenvalue weighted by Crippen LogP contribution is 2.38. The number of anilines is 1. The molecule has 0 atom stereocenters. The lowest BCUT2D eigenvalue weighted by Gasteiger charge is -2.21. The number of aromatic nitrogens is 1. The average molecular weight is 432 g/mol. The van der Waals surface area contributed by atoms with Crippen LogP contribution in [0.15, 0.2) is 24.3 Å². The van der Waals surface area contributed by atoms with Crippen molar-refractivity contribution in [1.82, 2.24) is 4.98 Å². The summed E-state index contributed by atoms with van der Waals surface area (Å²) in [5.41, 5.74) is 6.30. The Balaban J connectivity index is 2.53. The van der Waals surface area contributed by atoms with Crippen LogP contribution in [-0.2, 0) is 0 Å². The number of nitrogens with zero attached hydrogens (tertiary/aromatic N) is 1. The number of halogens is 4. The summed E-state index contributed by atoms with van der Waals surface area (Å²) in [6.07, 6.45) is -3.39. The van der Waals surface area contributed by atoms with Gasteiger partial charge < -0.3 is 20.5 Å². The van der Waals surface area contributed by atoms with Crippen molar-refractivity contribution in [2.24, 2.45) is 5.73 Å². The summed E-state index contributed by atoms with van der Waals surface area (Å²) in [6, 6.07) is 5.14. The number of alkyl halides is 3. The molecule has 0 radical (unpaired) electrons. The van der Waals surface area contributed by atoms with E-state index in [4.69, 9.17) is 22.1 Å². The predicted molar refractivity (Wildman–Crippen MR) is 104 cm³/mol. The largest absolute Gasteiger partial charge is 0.573 e. The third kappa shape index (κ3) is 6.15. The van der Waals surface area contributed by atoms with Gasteiger partial charge in [0.25, 0.3) is 5.91 Å². The highest BCUT2D eigenvalue weighted by atomic mass is 35.5. The monoisotopic (exact) mass is 431 g/mol. The van der Waals surface area contributed by atoms with Crippen LogP contribution in [0.5, 0.6) is 17.4 Å². The van der Waals surface area contributed by atoms with Gasteiger partial charge in [0.15, 0.2) is 11.5 Å². The first-order valence-corrected chi connectivity index (χ1v) is 9.23.